The number of urea groups is 1. The van der Waals surface area contributed by atoms with E-state index >= 15 is 4.39 Å². The fourth-order valence-corrected chi connectivity index (χ4v) is 3.79. The second-order valence-corrected chi connectivity index (χ2v) is 7.37. The van der Waals surface area contributed by atoms with Crippen molar-refractivity contribution in [3.05, 3.63) is 54.1 Å². The Bertz CT molecular complexity index is 883. The number of piperazine rings is 1. The van der Waals surface area contributed by atoms with Crippen LogP contribution in [0.5, 0.6) is 0 Å². The van der Waals surface area contributed by atoms with Gasteiger partial charge in [-0.25, -0.2) is 14.0 Å². The van der Waals surface area contributed by atoms with Crippen molar-refractivity contribution in [3.63, 3.8) is 0 Å². The molecule has 2 N–H and O–H groups in total. The van der Waals surface area contributed by atoms with Crippen molar-refractivity contribution >= 4 is 23.5 Å². The third-order valence-corrected chi connectivity index (χ3v) is 5.02. The SMILES string of the molecule is COC(=O)N1C(C)CN(Cc2cccc(NC(=O)Nc3cccnc3)c2F)CC1C. The van der Waals surface area contributed by atoms with Crippen LogP contribution in [0, 0.1) is 5.82 Å². The molecule has 1 fully saturated rings. The van der Waals surface area contributed by atoms with Gasteiger partial charge in [0, 0.05) is 43.5 Å². The summed E-state index contributed by atoms with van der Waals surface area (Å²) >= 11 is 0. The van der Waals surface area contributed by atoms with Gasteiger partial charge in [0.15, 0.2) is 5.82 Å². The van der Waals surface area contributed by atoms with E-state index in [0.29, 0.717) is 30.9 Å². The number of carbonyl (C=O) groups is 2. The lowest BCUT2D eigenvalue weighted by Crippen LogP contribution is -2.58. The normalized spacial score (nSPS) is 19.3. The maximum atomic E-state index is 15.0. The summed E-state index contributed by atoms with van der Waals surface area (Å²) in [7, 11) is 1.37. The lowest BCUT2D eigenvalue weighted by molar-refractivity contribution is 0.0295. The van der Waals surface area contributed by atoms with Crippen molar-refractivity contribution in [1.82, 2.24) is 14.8 Å². The van der Waals surface area contributed by atoms with Crippen LogP contribution in [0.2, 0.25) is 0 Å². The van der Waals surface area contributed by atoms with E-state index in [9.17, 15) is 9.59 Å². The van der Waals surface area contributed by atoms with E-state index in [1.165, 1.54) is 19.4 Å². The monoisotopic (exact) mass is 415 g/mol. The van der Waals surface area contributed by atoms with Gasteiger partial charge in [-0.15, -0.1) is 0 Å². The molecule has 8 nitrogen and oxygen atoms in total. The third kappa shape index (κ3) is 5.04. The molecule has 2 atom stereocenters. The van der Waals surface area contributed by atoms with E-state index in [-0.39, 0.29) is 23.9 Å². The number of nitrogens with one attached hydrogen (secondary N) is 2. The van der Waals surface area contributed by atoms with Crippen LogP contribution in [0.1, 0.15) is 19.4 Å². The van der Waals surface area contributed by atoms with Gasteiger partial charge >= 0.3 is 12.1 Å². The molecule has 0 saturated carbocycles. The molecular formula is C21H26FN5O3. The van der Waals surface area contributed by atoms with Gasteiger partial charge < -0.3 is 20.3 Å². The van der Waals surface area contributed by atoms with Crippen LogP contribution in [0.3, 0.4) is 0 Å². The number of pyridine rings is 1. The van der Waals surface area contributed by atoms with E-state index < -0.39 is 11.8 Å². The number of amides is 3. The quantitative estimate of drug-likeness (QED) is 0.798. The van der Waals surface area contributed by atoms with Crippen molar-refractivity contribution in [2.45, 2.75) is 32.5 Å². The molecule has 2 heterocycles. The van der Waals surface area contributed by atoms with Crippen LogP contribution in [0.4, 0.5) is 25.4 Å². The molecular weight excluding hydrogens is 389 g/mol. The van der Waals surface area contributed by atoms with Gasteiger partial charge in [-0.05, 0) is 32.0 Å². The highest BCUT2D eigenvalue weighted by molar-refractivity contribution is 5.99. The number of halogens is 1. The molecule has 0 aliphatic carbocycles. The van der Waals surface area contributed by atoms with Gasteiger partial charge in [-0.2, -0.15) is 0 Å². The number of nitrogens with zero attached hydrogens (tertiary/aromatic N) is 3. The van der Waals surface area contributed by atoms with Crippen LogP contribution >= 0.6 is 0 Å². The van der Waals surface area contributed by atoms with Crippen molar-refractivity contribution in [1.29, 1.82) is 0 Å². The number of hydrogen-bond donors (Lipinski definition) is 2. The largest absolute Gasteiger partial charge is 0.453 e. The predicted molar refractivity (Wildman–Crippen MR) is 112 cm³/mol. The van der Waals surface area contributed by atoms with Gasteiger partial charge in [0.2, 0.25) is 0 Å². The first-order chi connectivity index (χ1) is 14.4. The molecule has 160 valence electrons. The fourth-order valence-electron chi connectivity index (χ4n) is 3.79. The van der Waals surface area contributed by atoms with E-state index in [4.69, 9.17) is 4.74 Å². The summed E-state index contributed by atoms with van der Waals surface area (Å²) in [6.07, 6.45) is 2.74. The van der Waals surface area contributed by atoms with Crippen LogP contribution in [-0.2, 0) is 11.3 Å². The maximum Gasteiger partial charge on any atom is 0.410 e. The molecule has 0 bridgehead atoms. The first-order valence-corrected chi connectivity index (χ1v) is 9.73. The summed E-state index contributed by atoms with van der Waals surface area (Å²) in [6, 6.07) is 7.63. The van der Waals surface area contributed by atoms with Crippen molar-refractivity contribution in [3.8, 4) is 0 Å². The number of methoxy groups -OCH3 is 1. The number of carbonyl (C=O) groups excluding carboxylic acids is 2. The summed E-state index contributed by atoms with van der Waals surface area (Å²) in [5.74, 6) is -0.477. The molecule has 9 heteroatoms. The van der Waals surface area contributed by atoms with E-state index in [1.54, 1.807) is 35.4 Å². The molecule has 2 unspecified atom stereocenters. The smallest absolute Gasteiger partial charge is 0.410 e. The number of benzene rings is 1. The number of hydrogen-bond acceptors (Lipinski definition) is 5. The first-order valence-electron chi connectivity index (χ1n) is 9.73. The number of rotatable bonds is 4. The van der Waals surface area contributed by atoms with Gasteiger partial charge in [-0.1, -0.05) is 12.1 Å². The Labute approximate surface area is 175 Å². The second-order valence-electron chi connectivity index (χ2n) is 7.37. The summed E-state index contributed by atoms with van der Waals surface area (Å²) in [5.41, 5.74) is 1.08. The Kier molecular flexibility index (Phi) is 6.83. The van der Waals surface area contributed by atoms with Gasteiger partial charge in [0.1, 0.15) is 0 Å². The summed E-state index contributed by atoms with van der Waals surface area (Å²) in [5, 5.41) is 5.15. The Morgan fingerprint density at radius 2 is 1.90 bits per heavy atom. The molecule has 1 aromatic heterocycles. The minimum absolute atomic E-state index is 0.0594. The van der Waals surface area contributed by atoms with Crippen LogP contribution in [0.15, 0.2) is 42.7 Å². The molecule has 30 heavy (non-hydrogen) atoms. The fraction of sp³-hybridized carbons (Fsp3) is 0.381. The zero-order chi connectivity index (χ0) is 21.7. The van der Waals surface area contributed by atoms with Gasteiger partial charge in [0.25, 0.3) is 0 Å². The highest BCUT2D eigenvalue weighted by Crippen LogP contribution is 2.23. The Morgan fingerprint density at radius 1 is 1.17 bits per heavy atom. The maximum absolute atomic E-state index is 15.0. The van der Waals surface area contributed by atoms with Crippen molar-refractivity contribution < 1.29 is 18.7 Å². The third-order valence-electron chi connectivity index (χ3n) is 5.02. The molecule has 0 spiro atoms. The molecule has 1 aliphatic rings. The molecule has 2 aromatic rings. The van der Waals surface area contributed by atoms with Crippen LogP contribution < -0.4 is 10.6 Å². The molecule has 3 amide bonds. The van der Waals surface area contributed by atoms with Gasteiger partial charge in [0.05, 0.1) is 24.7 Å². The molecule has 1 aliphatic heterocycles. The minimum atomic E-state index is -0.548. The average molecular weight is 415 g/mol. The molecule has 0 radical (unpaired) electrons. The van der Waals surface area contributed by atoms with Crippen LogP contribution in [0.25, 0.3) is 0 Å². The first kappa shape index (κ1) is 21.5. The standard InChI is InChI=1S/C21H26FN5O3/c1-14-11-26(12-15(2)27(14)21(29)30-3)13-16-6-4-8-18(19(16)22)25-20(28)24-17-7-5-9-23-10-17/h4-10,14-15H,11-13H2,1-3H3,(H2,24,25,28). The molecule has 3 rings (SSSR count). The average Bonchev–Trinajstić information content (AvgIpc) is 2.71. The van der Waals surface area contributed by atoms with E-state index in [2.05, 4.69) is 20.5 Å². The number of aromatic nitrogens is 1. The lowest BCUT2D eigenvalue weighted by atomic mass is 10.1. The summed E-state index contributed by atoms with van der Waals surface area (Å²) in [6.45, 7) is 5.44. The van der Waals surface area contributed by atoms with Crippen LogP contribution in [-0.4, -0.2) is 59.2 Å². The van der Waals surface area contributed by atoms with E-state index in [1.807, 2.05) is 13.8 Å². The number of ether oxygens (including phenoxy) is 1. The van der Waals surface area contributed by atoms with Crippen molar-refractivity contribution in [2.24, 2.45) is 0 Å². The van der Waals surface area contributed by atoms with E-state index in [0.717, 1.165) is 0 Å². The minimum Gasteiger partial charge on any atom is -0.453 e. The zero-order valence-electron chi connectivity index (χ0n) is 17.3. The predicted octanol–water partition coefficient (Wildman–Crippen LogP) is 3.53. The number of anilines is 2. The second kappa shape index (κ2) is 9.53. The Balaban J connectivity index is 1.65. The van der Waals surface area contributed by atoms with Crippen molar-refractivity contribution in [2.75, 3.05) is 30.8 Å². The van der Waals surface area contributed by atoms with Gasteiger partial charge in [-0.3, -0.25) is 9.88 Å². The highest BCUT2D eigenvalue weighted by Gasteiger charge is 2.33. The molecule has 1 saturated heterocycles. The highest BCUT2D eigenvalue weighted by atomic mass is 19.1. The Morgan fingerprint density at radius 3 is 2.53 bits per heavy atom. The zero-order valence-corrected chi connectivity index (χ0v) is 17.3. The summed E-state index contributed by atoms with van der Waals surface area (Å²) in [4.78, 5) is 31.8. The Hall–Kier alpha value is -3.20. The molecule has 1 aromatic carbocycles. The summed E-state index contributed by atoms with van der Waals surface area (Å²) < 4.78 is 19.9. The lowest BCUT2D eigenvalue weighted by Gasteiger charge is -2.43. The topological polar surface area (TPSA) is 86.8 Å².